The molecule has 0 bridgehead atoms. The molecule has 53 heavy (non-hydrogen) atoms. The smallest absolute Gasteiger partial charge is 0.129 e. The molecule has 0 spiro atoms. The summed E-state index contributed by atoms with van der Waals surface area (Å²) in [4.78, 5) is 36.3. The van der Waals surface area contributed by atoms with Crippen LogP contribution in [-0.2, 0) is 32.3 Å². The van der Waals surface area contributed by atoms with Crippen LogP contribution < -0.4 is 4.74 Å². The van der Waals surface area contributed by atoms with Crippen molar-refractivity contribution in [3.63, 3.8) is 0 Å². The van der Waals surface area contributed by atoms with E-state index in [-0.39, 0.29) is 19.5 Å². The molecule has 262 valence electrons. The molecule has 1 aliphatic carbocycles. The molecule has 10 rings (SSSR count). The van der Waals surface area contributed by atoms with Crippen molar-refractivity contribution in [3.8, 4) is 17.1 Å². The van der Waals surface area contributed by atoms with Gasteiger partial charge in [0.25, 0.3) is 0 Å². The second-order valence-electron chi connectivity index (χ2n) is 12.8. The van der Waals surface area contributed by atoms with Gasteiger partial charge in [0.15, 0.2) is 0 Å². The van der Waals surface area contributed by atoms with Gasteiger partial charge < -0.3 is 4.74 Å². The van der Waals surface area contributed by atoms with Gasteiger partial charge in [0.2, 0.25) is 0 Å². The summed E-state index contributed by atoms with van der Waals surface area (Å²) >= 11 is 0. The third kappa shape index (κ3) is 7.28. The molecule has 0 aliphatic heterocycles. The zero-order chi connectivity index (χ0) is 35.4. The molecule has 0 radical (unpaired) electrons. The second kappa shape index (κ2) is 15.8. The molecule has 0 saturated heterocycles. The third-order valence-electron chi connectivity index (χ3n) is 9.21. The maximum absolute atomic E-state index is 5.37. The van der Waals surface area contributed by atoms with Crippen LogP contribution in [0.15, 0.2) is 116 Å². The zero-order valence-electron chi connectivity index (χ0n) is 29.6. The first kappa shape index (κ1) is 35.5. The Morgan fingerprint density at radius 3 is 1.42 bits per heavy atom. The van der Waals surface area contributed by atoms with Crippen molar-refractivity contribution in [1.29, 1.82) is 0 Å². The van der Waals surface area contributed by atoms with Crippen molar-refractivity contribution in [1.82, 2.24) is 39.9 Å². The summed E-state index contributed by atoms with van der Waals surface area (Å²) in [7, 11) is 1.67. The fraction of sp³-hybridized carbons (Fsp3) is 0.163. The van der Waals surface area contributed by atoms with Crippen molar-refractivity contribution in [3.05, 3.63) is 139 Å². The molecular formula is C43H36N8ORu. The van der Waals surface area contributed by atoms with E-state index in [0.717, 1.165) is 96.0 Å². The van der Waals surface area contributed by atoms with Crippen molar-refractivity contribution < 1.29 is 24.2 Å². The monoisotopic (exact) mass is 782 g/mol. The van der Waals surface area contributed by atoms with Crippen LogP contribution in [0.25, 0.3) is 66.0 Å². The van der Waals surface area contributed by atoms with E-state index in [1.165, 1.54) is 24.0 Å². The van der Waals surface area contributed by atoms with E-state index in [4.69, 9.17) is 14.7 Å². The Bertz CT molecular complexity index is 2610. The predicted molar refractivity (Wildman–Crippen MR) is 207 cm³/mol. The molecule has 9 aromatic rings. The Labute approximate surface area is 319 Å². The SMILES string of the molecule is COc1cc2cccnc2c2ncccc12.Cc1ccnc(-c2cc(C)ccn2)c1.[Ru].c1cnc2c(c1)c1nc3c(nc1c1cccnc12)CCCC3. The summed E-state index contributed by atoms with van der Waals surface area (Å²) < 4.78 is 5.37. The minimum absolute atomic E-state index is 0. The average molecular weight is 782 g/mol. The summed E-state index contributed by atoms with van der Waals surface area (Å²) in [5.74, 6) is 0.837. The van der Waals surface area contributed by atoms with Gasteiger partial charge in [-0.25, -0.2) is 9.97 Å². The molecule has 0 atom stereocenters. The zero-order valence-corrected chi connectivity index (χ0v) is 31.4. The van der Waals surface area contributed by atoms with E-state index in [2.05, 4.69) is 55.9 Å². The van der Waals surface area contributed by atoms with E-state index in [0.29, 0.717) is 0 Å². The third-order valence-corrected chi connectivity index (χ3v) is 9.21. The number of rotatable bonds is 2. The quantitative estimate of drug-likeness (QED) is 0.125. The first-order valence-corrected chi connectivity index (χ1v) is 17.4. The molecule has 7 aromatic heterocycles. The van der Waals surface area contributed by atoms with Crippen LogP contribution in [0.3, 0.4) is 0 Å². The molecule has 1 aliphatic rings. The van der Waals surface area contributed by atoms with E-state index in [1.807, 2.05) is 91.5 Å². The van der Waals surface area contributed by atoms with Gasteiger partial charge in [-0.2, -0.15) is 0 Å². The number of hydrogen-bond acceptors (Lipinski definition) is 9. The summed E-state index contributed by atoms with van der Waals surface area (Å²) in [6, 6.07) is 25.9. The van der Waals surface area contributed by atoms with Crippen molar-refractivity contribution in [2.45, 2.75) is 39.5 Å². The summed E-state index contributed by atoms with van der Waals surface area (Å²) in [5, 5.41) is 4.14. The maximum Gasteiger partial charge on any atom is 0.129 e. The number of aromatic nitrogens is 8. The van der Waals surface area contributed by atoms with Crippen molar-refractivity contribution >= 4 is 54.6 Å². The maximum atomic E-state index is 5.37. The first-order chi connectivity index (χ1) is 25.6. The van der Waals surface area contributed by atoms with E-state index < -0.39 is 0 Å². The number of pyridine rings is 6. The molecule has 0 N–H and O–H groups in total. The Kier molecular flexibility index (Phi) is 10.6. The molecule has 0 amide bonds. The van der Waals surface area contributed by atoms with Crippen molar-refractivity contribution in [2.75, 3.05) is 7.11 Å². The molecule has 9 nitrogen and oxygen atoms in total. The minimum atomic E-state index is 0. The van der Waals surface area contributed by atoms with Crippen LogP contribution >= 0.6 is 0 Å². The Balaban J connectivity index is 0.000000126. The Hall–Kier alpha value is -5.86. The molecular weight excluding hydrogens is 746 g/mol. The molecule has 10 heteroatoms. The van der Waals surface area contributed by atoms with Crippen LogP contribution in [0.2, 0.25) is 0 Å². The summed E-state index contributed by atoms with van der Waals surface area (Å²) in [5.41, 5.74) is 12.2. The van der Waals surface area contributed by atoms with Gasteiger partial charge in [-0.3, -0.25) is 29.9 Å². The molecule has 0 unspecified atom stereocenters. The minimum Gasteiger partial charge on any atom is -0.496 e. The molecule has 7 heterocycles. The molecule has 0 saturated carbocycles. The van der Waals surface area contributed by atoms with Gasteiger partial charge in [-0.15, -0.1) is 0 Å². The van der Waals surface area contributed by atoms with Gasteiger partial charge in [-0.1, -0.05) is 6.07 Å². The number of ether oxygens (including phenoxy) is 1. The van der Waals surface area contributed by atoms with Gasteiger partial charge in [0.1, 0.15) is 11.3 Å². The van der Waals surface area contributed by atoms with Gasteiger partial charge >= 0.3 is 0 Å². The Morgan fingerprint density at radius 1 is 0.472 bits per heavy atom. The first-order valence-electron chi connectivity index (χ1n) is 17.4. The van der Waals surface area contributed by atoms with E-state index >= 15 is 0 Å². The topological polar surface area (TPSA) is 112 Å². The van der Waals surface area contributed by atoms with Gasteiger partial charge in [0.05, 0.1) is 57.5 Å². The Morgan fingerprint density at radius 2 is 0.925 bits per heavy atom. The second-order valence-corrected chi connectivity index (χ2v) is 12.8. The largest absolute Gasteiger partial charge is 0.496 e. The van der Waals surface area contributed by atoms with Crippen LogP contribution in [0.4, 0.5) is 0 Å². The number of nitrogens with zero attached hydrogens (tertiary/aromatic N) is 8. The molecule has 0 fully saturated rings. The summed E-state index contributed by atoms with van der Waals surface area (Å²) in [6.07, 6.45) is 15.3. The molecule has 2 aromatic carbocycles. The standard InChI is InChI=1S/C18H14N4.C13H10N2O.C12H12N2.Ru/c1-2-8-14-13(7-1)21-17-11-5-3-9-19-15(11)16-12(18(17)22-14)6-4-10-20-16;1-16-11-8-9-4-2-6-14-12(9)13-10(11)5-3-7-15-13;1-9-3-5-13-11(7-9)12-8-10(2)4-6-14-12;/h3-6,9-10H,1-2,7-8H2;2-8H,1H3;3-8H,1-2H3;. The number of aryl methyl sites for hydroxylation is 4. The van der Waals surface area contributed by atoms with E-state index in [9.17, 15) is 0 Å². The van der Waals surface area contributed by atoms with Crippen LogP contribution in [-0.4, -0.2) is 47.0 Å². The number of hydrogen-bond donors (Lipinski definition) is 0. The van der Waals surface area contributed by atoms with Crippen LogP contribution in [0, 0.1) is 13.8 Å². The van der Waals surface area contributed by atoms with Crippen molar-refractivity contribution in [2.24, 2.45) is 0 Å². The normalized spacial score (nSPS) is 12.0. The number of methoxy groups -OCH3 is 1. The fourth-order valence-corrected chi connectivity index (χ4v) is 6.70. The summed E-state index contributed by atoms with van der Waals surface area (Å²) in [6.45, 7) is 4.11. The number of benzene rings is 2. The predicted octanol–water partition coefficient (Wildman–Crippen LogP) is 9.15. The van der Waals surface area contributed by atoms with Crippen LogP contribution in [0.5, 0.6) is 5.75 Å². The van der Waals surface area contributed by atoms with Gasteiger partial charge in [-0.05, 0) is 123 Å². The van der Waals surface area contributed by atoms with E-state index in [1.54, 1.807) is 19.5 Å². The van der Waals surface area contributed by atoms with Crippen LogP contribution in [0.1, 0.15) is 35.4 Å². The average Bonchev–Trinajstić information content (AvgIpc) is 3.20. The number of fused-ring (bicyclic) bond motifs is 10. The fourth-order valence-electron chi connectivity index (χ4n) is 6.70. The van der Waals surface area contributed by atoms with Gasteiger partial charge in [0, 0.05) is 78.2 Å².